The van der Waals surface area contributed by atoms with Gasteiger partial charge in [0.1, 0.15) is 5.75 Å². The molecule has 24 heavy (non-hydrogen) atoms. The maximum absolute atomic E-state index is 12.5. The molecule has 1 heterocycles. The zero-order valence-corrected chi connectivity index (χ0v) is 14.1. The first-order chi connectivity index (χ1) is 11.4. The summed E-state index contributed by atoms with van der Waals surface area (Å²) in [5.41, 5.74) is 0.877. The van der Waals surface area contributed by atoms with Crippen LogP contribution in [-0.4, -0.2) is 17.4 Å². The van der Waals surface area contributed by atoms with Crippen molar-refractivity contribution in [3.8, 4) is 5.75 Å². The van der Waals surface area contributed by atoms with E-state index in [4.69, 9.17) is 16.3 Å². The number of benzene rings is 2. The van der Waals surface area contributed by atoms with E-state index in [-0.39, 0.29) is 0 Å². The molecular formula is C18H17ClN2O3. The van der Waals surface area contributed by atoms with Gasteiger partial charge in [-0.1, -0.05) is 41.4 Å². The minimum Gasteiger partial charge on any atom is -0.466 e. The number of carbonyl (C=O) groups is 2. The molecule has 0 aliphatic carbocycles. The third kappa shape index (κ3) is 3.08. The number of hydrogen-bond acceptors (Lipinski definition) is 3. The van der Waals surface area contributed by atoms with Crippen molar-refractivity contribution >= 4 is 29.1 Å². The summed E-state index contributed by atoms with van der Waals surface area (Å²) in [6, 6.07) is 12.6. The third-order valence-electron chi connectivity index (χ3n) is 3.91. The van der Waals surface area contributed by atoms with E-state index >= 15 is 0 Å². The number of ether oxygens (including phenoxy) is 1. The molecule has 2 aromatic rings. The van der Waals surface area contributed by atoms with E-state index in [1.54, 1.807) is 18.2 Å². The Morgan fingerprint density at radius 3 is 2.83 bits per heavy atom. The molecule has 0 bridgehead atoms. The van der Waals surface area contributed by atoms with Crippen molar-refractivity contribution in [2.75, 3.05) is 5.32 Å². The van der Waals surface area contributed by atoms with Crippen LogP contribution >= 0.6 is 11.6 Å². The average Bonchev–Trinajstić information content (AvgIpc) is 2.54. The van der Waals surface area contributed by atoms with Crippen LogP contribution < -0.4 is 15.4 Å². The highest BCUT2D eigenvalue weighted by atomic mass is 35.5. The van der Waals surface area contributed by atoms with Gasteiger partial charge in [-0.25, -0.2) is 0 Å². The van der Waals surface area contributed by atoms with Crippen LogP contribution in [0.25, 0.3) is 0 Å². The lowest BCUT2D eigenvalue weighted by atomic mass is 10.0. The van der Waals surface area contributed by atoms with Crippen LogP contribution in [-0.2, 0) is 16.1 Å². The largest absolute Gasteiger partial charge is 0.466 e. The van der Waals surface area contributed by atoms with Gasteiger partial charge in [-0.2, -0.15) is 0 Å². The quantitative estimate of drug-likeness (QED) is 0.841. The molecule has 3 rings (SSSR count). The monoisotopic (exact) mass is 344 g/mol. The van der Waals surface area contributed by atoms with E-state index in [1.165, 1.54) is 6.92 Å². The molecular weight excluding hydrogens is 328 g/mol. The number of anilines is 1. The number of hydrogen-bond donors (Lipinski definition) is 2. The molecule has 2 amide bonds. The minimum absolute atomic E-state index is 0.320. The summed E-state index contributed by atoms with van der Waals surface area (Å²) in [6.07, 6.45) is 0. The van der Waals surface area contributed by atoms with Crippen molar-refractivity contribution in [3.05, 3.63) is 58.6 Å². The van der Waals surface area contributed by atoms with Crippen molar-refractivity contribution in [1.82, 2.24) is 5.32 Å². The summed E-state index contributed by atoms with van der Waals surface area (Å²) in [6.45, 7) is 3.75. The molecule has 2 N–H and O–H groups in total. The van der Waals surface area contributed by atoms with E-state index in [1.807, 2.05) is 31.2 Å². The van der Waals surface area contributed by atoms with Gasteiger partial charge in [-0.3, -0.25) is 9.59 Å². The van der Waals surface area contributed by atoms with Crippen LogP contribution in [0.2, 0.25) is 5.02 Å². The highest BCUT2D eigenvalue weighted by Crippen LogP contribution is 2.35. The number of nitrogens with one attached hydrogen (secondary N) is 2. The minimum atomic E-state index is -1.63. The normalized spacial score (nSPS) is 19.0. The van der Waals surface area contributed by atoms with Gasteiger partial charge in [-0.15, -0.1) is 0 Å². The zero-order chi connectivity index (χ0) is 17.3. The van der Waals surface area contributed by atoms with Crippen LogP contribution in [0.4, 0.5) is 5.69 Å². The van der Waals surface area contributed by atoms with Crippen LogP contribution in [0.15, 0.2) is 42.5 Å². The van der Waals surface area contributed by atoms with Crippen LogP contribution in [0.1, 0.15) is 18.1 Å². The zero-order valence-electron chi connectivity index (χ0n) is 13.4. The Kier molecular flexibility index (Phi) is 4.20. The molecule has 0 radical (unpaired) electrons. The molecule has 1 unspecified atom stereocenters. The van der Waals surface area contributed by atoms with E-state index < -0.39 is 17.4 Å². The first-order valence-electron chi connectivity index (χ1n) is 7.52. The van der Waals surface area contributed by atoms with Gasteiger partial charge in [0.05, 0.1) is 5.69 Å². The molecule has 1 aliphatic rings. The Bertz CT molecular complexity index is 822. The number of halogens is 1. The summed E-state index contributed by atoms with van der Waals surface area (Å²) in [4.78, 5) is 24.9. The predicted molar refractivity (Wildman–Crippen MR) is 92.1 cm³/mol. The topological polar surface area (TPSA) is 67.4 Å². The molecule has 124 valence electrons. The van der Waals surface area contributed by atoms with Crippen molar-refractivity contribution in [2.24, 2.45) is 0 Å². The lowest BCUT2D eigenvalue weighted by Crippen LogP contribution is -2.58. The molecule has 6 heteroatoms. The van der Waals surface area contributed by atoms with Gasteiger partial charge in [0, 0.05) is 11.6 Å². The fraction of sp³-hybridized carbons (Fsp3) is 0.222. The Hall–Kier alpha value is -2.53. The summed E-state index contributed by atoms with van der Waals surface area (Å²) >= 11 is 5.90. The maximum atomic E-state index is 12.5. The predicted octanol–water partition coefficient (Wildman–Crippen LogP) is 3.05. The molecule has 2 aromatic carbocycles. The number of carbonyl (C=O) groups excluding carboxylic acids is 2. The Morgan fingerprint density at radius 1 is 1.29 bits per heavy atom. The SMILES string of the molecule is Cc1cccc(CNC(=O)C2(C)Oc3ccc(Cl)cc3NC2=O)c1. The lowest BCUT2D eigenvalue weighted by molar-refractivity contribution is -0.146. The third-order valence-corrected chi connectivity index (χ3v) is 4.14. The van der Waals surface area contributed by atoms with Gasteiger partial charge in [0.2, 0.25) is 0 Å². The second-order valence-electron chi connectivity index (χ2n) is 5.90. The fourth-order valence-electron chi connectivity index (χ4n) is 2.52. The first-order valence-corrected chi connectivity index (χ1v) is 7.90. The van der Waals surface area contributed by atoms with Gasteiger partial charge in [0.25, 0.3) is 17.4 Å². The second kappa shape index (κ2) is 6.17. The molecule has 0 saturated carbocycles. The van der Waals surface area contributed by atoms with Gasteiger partial charge >= 0.3 is 0 Å². The summed E-state index contributed by atoms with van der Waals surface area (Å²) < 4.78 is 5.68. The number of aryl methyl sites for hydroxylation is 1. The second-order valence-corrected chi connectivity index (χ2v) is 6.34. The van der Waals surface area contributed by atoms with Crippen molar-refractivity contribution < 1.29 is 14.3 Å². The van der Waals surface area contributed by atoms with E-state index in [0.29, 0.717) is 23.0 Å². The summed E-state index contributed by atoms with van der Waals surface area (Å²) in [5, 5.41) is 5.91. The van der Waals surface area contributed by atoms with E-state index in [2.05, 4.69) is 10.6 Å². The van der Waals surface area contributed by atoms with Crippen LogP contribution in [0.3, 0.4) is 0 Å². The number of amides is 2. The molecule has 0 spiro atoms. The van der Waals surface area contributed by atoms with Gasteiger partial charge in [-0.05, 0) is 37.6 Å². The van der Waals surface area contributed by atoms with Crippen LogP contribution in [0, 0.1) is 6.92 Å². The first kappa shape index (κ1) is 16.3. The van der Waals surface area contributed by atoms with Gasteiger partial charge < -0.3 is 15.4 Å². The van der Waals surface area contributed by atoms with E-state index in [9.17, 15) is 9.59 Å². The molecule has 0 fully saturated rings. The summed E-state index contributed by atoms with van der Waals surface area (Å²) in [7, 11) is 0. The van der Waals surface area contributed by atoms with E-state index in [0.717, 1.165) is 11.1 Å². The standard InChI is InChI=1S/C18H17ClN2O3/c1-11-4-3-5-12(8-11)10-20-16(22)18(2)17(23)21-14-9-13(19)6-7-15(14)24-18/h3-9H,10H2,1-2H3,(H,20,22)(H,21,23). The number of rotatable bonds is 3. The van der Waals surface area contributed by atoms with Crippen molar-refractivity contribution in [1.29, 1.82) is 0 Å². The fourth-order valence-corrected chi connectivity index (χ4v) is 2.69. The molecule has 5 nitrogen and oxygen atoms in total. The lowest BCUT2D eigenvalue weighted by Gasteiger charge is -2.33. The van der Waals surface area contributed by atoms with Gasteiger partial charge in [0.15, 0.2) is 0 Å². The Labute approximate surface area is 145 Å². The average molecular weight is 345 g/mol. The molecule has 1 atom stereocenters. The smallest absolute Gasteiger partial charge is 0.278 e. The Balaban J connectivity index is 1.76. The molecule has 0 saturated heterocycles. The molecule has 0 aromatic heterocycles. The van der Waals surface area contributed by atoms with Crippen LogP contribution in [0.5, 0.6) is 5.75 Å². The highest BCUT2D eigenvalue weighted by Gasteiger charge is 2.47. The number of fused-ring (bicyclic) bond motifs is 1. The highest BCUT2D eigenvalue weighted by molar-refractivity contribution is 6.31. The maximum Gasteiger partial charge on any atom is 0.278 e. The Morgan fingerprint density at radius 2 is 2.08 bits per heavy atom. The van der Waals surface area contributed by atoms with Crippen molar-refractivity contribution in [3.63, 3.8) is 0 Å². The van der Waals surface area contributed by atoms with Crippen molar-refractivity contribution in [2.45, 2.75) is 26.0 Å². The summed E-state index contributed by atoms with van der Waals surface area (Å²) in [5.74, 6) is -0.617. The molecule has 1 aliphatic heterocycles.